The Morgan fingerprint density at radius 1 is 1.36 bits per heavy atom. The summed E-state index contributed by atoms with van der Waals surface area (Å²) in [5.41, 5.74) is 1.25. The van der Waals surface area contributed by atoms with Crippen LogP contribution < -0.4 is 0 Å². The lowest BCUT2D eigenvalue weighted by atomic mass is 10.1. The van der Waals surface area contributed by atoms with Crippen molar-refractivity contribution in [1.29, 1.82) is 0 Å². The van der Waals surface area contributed by atoms with Crippen molar-refractivity contribution in [1.82, 2.24) is 4.90 Å². The van der Waals surface area contributed by atoms with Crippen molar-refractivity contribution in [3.8, 4) is 0 Å². The number of carbonyl (C=O) groups excluding carboxylic acids is 1. The number of amides is 1. The zero-order chi connectivity index (χ0) is 10.1. The van der Waals surface area contributed by atoms with Crippen LogP contribution in [0.25, 0.3) is 0 Å². The molecule has 0 unspecified atom stereocenters. The molecule has 0 radical (unpaired) electrons. The lowest BCUT2D eigenvalue weighted by Crippen LogP contribution is -2.42. The summed E-state index contributed by atoms with van der Waals surface area (Å²) in [6.07, 6.45) is 1.06. The van der Waals surface area contributed by atoms with Crippen molar-refractivity contribution < 1.29 is 9.18 Å². The summed E-state index contributed by atoms with van der Waals surface area (Å²) in [4.78, 5) is 13.4. The minimum absolute atomic E-state index is 0.0566. The van der Waals surface area contributed by atoms with Crippen molar-refractivity contribution in [2.24, 2.45) is 0 Å². The molecule has 0 aliphatic carbocycles. The molecule has 0 bridgehead atoms. The van der Waals surface area contributed by atoms with Crippen LogP contribution in [0.2, 0.25) is 0 Å². The Hall–Kier alpha value is -1.38. The van der Waals surface area contributed by atoms with Gasteiger partial charge in [-0.15, -0.1) is 0 Å². The van der Waals surface area contributed by atoms with Gasteiger partial charge in [0.2, 0.25) is 0 Å². The second-order valence-electron chi connectivity index (χ2n) is 3.66. The van der Waals surface area contributed by atoms with Crippen LogP contribution in [-0.4, -0.2) is 23.9 Å². The minimum Gasteiger partial charge on any atom is -0.339 e. The lowest BCUT2D eigenvalue weighted by Gasteiger charge is -2.30. The number of rotatable bonds is 1. The Bertz CT molecular complexity index is 351. The van der Waals surface area contributed by atoms with Crippen LogP contribution in [0.5, 0.6) is 0 Å². The first-order valence-corrected chi connectivity index (χ1v) is 4.73. The molecule has 0 spiro atoms. The van der Waals surface area contributed by atoms with Crippen molar-refractivity contribution in [3.63, 3.8) is 0 Å². The molecular weight excluding hydrogens is 181 g/mol. The summed E-state index contributed by atoms with van der Waals surface area (Å²) in [5.74, 6) is -0.396. The molecule has 2 nitrogen and oxygen atoms in total. The first-order valence-electron chi connectivity index (χ1n) is 4.73. The number of nitrogens with zero attached hydrogens (tertiary/aromatic N) is 1. The number of hydrogen-bond donors (Lipinski definition) is 0. The van der Waals surface area contributed by atoms with E-state index in [0.29, 0.717) is 5.56 Å². The fraction of sp³-hybridized carbons (Fsp3) is 0.364. The first kappa shape index (κ1) is 9.19. The molecule has 0 N–H and O–H groups in total. The maximum absolute atomic E-state index is 13.0. The van der Waals surface area contributed by atoms with Gasteiger partial charge in [0.25, 0.3) is 5.91 Å². The van der Waals surface area contributed by atoms with Gasteiger partial charge >= 0.3 is 0 Å². The first-order chi connectivity index (χ1) is 6.66. The molecule has 74 valence electrons. The van der Waals surface area contributed by atoms with E-state index in [-0.39, 0.29) is 11.7 Å². The highest BCUT2D eigenvalue weighted by molar-refractivity contribution is 5.94. The van der Waals surface area contributed by atoms with Crippen molar-refractivity contribution in [2.45, 2.75) is 13.3 Å². The highest BCUT2D eigenvalue weighted by Gasteiger charge is 2.21. The predicted octanol–water partition coefficient (Wildman–Crippen LogP) is 1.98. The van der Waals surface area contributed by atoms with Crippen LogP contribution in [0.4, 0.5) is 4.39 Å². The van der Waals surface area contributed by atoms with E-state index in [0.717, 1.165) is 25.1 Å². The highest BCUT2D eigenvalue weighted by atomic mass is 19.1. The lowest BCUT2D eigenvalue weighted by molar-refractivity contribution is 0.0651. The predicted molar refractivity (Wildman–Crippen MR) is 51.7 cm³/mol. The quantitative estimate of drug-likeness (QED) is 0.667. The second kappa shape index (κ2) is 3.40. The molecule has 1 aliphatic heterocycles. The smallest absolute Gasteiger partial charge is 0.253 e. The molecule has 14 heavy (non-hydrogen) atoms. The summed E-state index contributed by atoms with van der Waals surface area (Å²) < 4.78 is 13.0. The molecule has 3 heteroatoms. The van der Waals surface area contributed by atoms with Gasteiger partial charge in [-0.3, -0.25) is 4.79 Å². The van der Waals surface area contributed by atoms with Crippen LogP contribution in [0.3, 0.4) is 0 Å². The maximum Gasteiger partial charge on any atom is 0.253 e. The molecule has 1 aliphatic rings. The van der Waals surface area contributed by atoms with E-state index in [4.69, 9.17) is 0 Å². The average Bonchev–Trinajstić information content (AvgIpc) is 1.98. The summed E-state index contributed by atoms with van der Waals surface area (Å²) in [7, 11) is 0. The number of likely N-dealkylation sites (tertiary alicyclic amines) is 1. The van der Waals surface area contributed by atoms with Crippen molar-refractivity contribution in [3.05, 3.63) is 35.1 Å². The van der Waals surface area contributed by atoms with Crippen LogP contribution in [0.15, 0.2) is 18.2 Å². The number of aryl methyl sites for hydroxylation is 1. The second-order valence-corrected chi connectivity index (χ2v) is 3.66. The molecule has 1 saturated heterocycles. The number of hydrogen-bond acceptors (Lipinski definition) is 1. The van der Waals surface area contributed by atoms with E-state index < -0.39 is 0 Å². The Morgan fingerprint density at radius 3 is 2.57 bits per heavy atom. The van der Waals surface area contributed by atoms with Gasteiger partial charge < -0.3 is 4.90 Å². The van der Waals surface area contributed by atoms with E-state index in [2.05, 4.69) is 0 Å². The number of carbonyl (C=O) groups is 1. The SMILES string of the molecule is Cc1cc(F)cc(C(=O)N2CCC2)c1. The van der Waals surface area contributed by atoms with E-state index in [9.17, 15) is 9.18 Å². The fourth-order valence-electron chi connectivity index (χ4n) is 1.56. The van der Waals surface area contributed by atoms with E-state index >= 15 is 0 Å². The van der Waals surface area contributed by atoms with Gasteiger partial charge in [0.05, 0.1) is 0 Å². The Balaban J connectivity index is 2.26. The Labute approximate surface area is 82.3 Å². The van der Waals surface area contributed by atoms with E-state index in [1.54, 1.807) is 17.9 Å². The highest BCUT2D eigenvalue weighted by Crippen LogP contribution is 2.15. The maximum atomic E-state index is 13.0. The standard InChI is InChI=1S/C11H12FNO/c1-8-5-9(7-10(12)6-8)11(14)13-3-2-4-13/h5-7H,2-4H2,1H3. The molecule has 1 aromatic carbocycles. The number of benzene rings is 1. The molecule has 1 heterocycles. The zero-order valence-electron chi connectivity index (χ0n) is 8.09. The van der Waals surface area contributed by atoms with Crippen LogP contribution >= 0.6 is 0 Å². The Morgan fingerprint density at radius 2 is 2.07 bits per heavy atom. The molecule has 2 rings (SSSR count). The molecular formula is C11H12FNO. The summed E-state index contributed by atoms with van der Waals surface area (Å²) >= 11 is 0. The normalized spacial score (nSPS) is 15.1. The molecule has 0 saturated carbocycles. The third-order valence-corrected chi connectivity index (χ3v) is 2.43. The fourth-order valence-corrected chi connectivity index (χ4v) is 1.56. The Kier molecular flexibility index (Phi) is 2.23. The summed E-state index contributed by atoms with van der Waals surface area (Å²) in [6, 6.07) is 4.45. The monoisotopic (exact) mass is 193 g/mol. The third-order valence-electron chi connectivity index (χ3n) is 2.43. The molecule has 1 aromatic rings. The van der Waals surface area contributed by atoms with Gasteiger partial charge in [-0.1, -0.05) is 0 Å². The third kappa shape index (κ3) is 1.62. The topological polar surface area (TPSA) is 20.3 Å². The van der Waals surface area contributed by atoms with Gasteiger partial charge in [0, 0.05) is 18.7 Å². The van der Waals surface area contributed by atoms with Crippen LogP contribution in [0.1, 0.15) is 22.3 Å². The van der Waals surface area contributed by atoms with Gasteiger partial charge in [-0.25, -0.2) is 4.39 Å². The minimum atomic E-state index is -0.339. The van der Waals surface area contributed by atoms with Gasteiger partial charge in [-0.2, -0.15) is 0 Å². The molecule has 0 aromatic heterocycles. The van der Waals surface area contributed by atoms with Crippen molar-refractivity contribution in [2.75, 3.05) is 13.1 Å². The van der Waals surface area contributed by atoms with Gasteiger partial charge in [0.15, 0.2) is 0 Å². The molecule has 1 fully saturated rings. The van der Waals surface area contributed by atoms with Gasteiger partial charge in [0.1, 0.15) is 5.82 Å². The van der Waals surface area contributed by atoms with Crippen molar-refractivity contribution >= 4 is 5.91 Å². The zero-order valence-corrected chi connectivity index (χ0v) is 8.09. The largest absolute Gasteiger partial charge is 0.339 e. The average molecular weight is 193 g/mol. The molecule has 0 atom stereocenters. The van der Waals surface area contributed by atoms with Crippen LogP contribution in [-0.2, 0) is 0 Å². The van der Waals surface area contributed by atoms with Gasteiger partial charge in [-0.05, 0) is 37.1 Å². The number of halogens is 1. The summed E-state index contributed by atoms with van der Waals surface area (Å²) in [5, 5.41) is 0. The van der Waals surface area contributed by atoms with Crippen LogP contribution in [0, 0.1) is 12.7 Å². The van der Waals surface area contributed by atoms with E-state index in [1.807, 2.05) is 0 Å². The van der Waals surface area contributed by atoms with E-state index in [1.165, 1.54) is 12.1 Å². The molecule has 1 amide bonds. The summed E-state index contributed by atoms with van der Waals surface area (Å²) in [6.45, 7) is 3.39.